The van der Waals surface area contributed by atoms with E-state index in [9.17, 15) is 9.59 Å². The summed E-state index contributed by atoms with van der Waals surface area (Å²) in [4.78, 5) is 33.1. The van der Waals surface area contributed by atoms with Gasteiger partial charge in [-0.3, -0.25) is 10.0 Å². The third-order valence-electron chi connectivity index (χ3n) is 5.33. The number of nitrogens with zero attached hydrogens (tertiary/aromatic N) is 2. The van der Waals surface area contributed by atoms with E-state index in [-0.39, 0.29) is 35.8 Å². The lowest BCUT2D eigenvalue weighted by molar-refractivity contribution is 0.111. The lowest BCUT2D eigenvalue weighted by atomic mass is 10.1. The number of thiazole rings is 1. The summed E-state index contributed by atoms with van der Waals surface area (Å²) in [6, 6.07) is 5.80. The van der Waals surface area contributed by atoms with Crippen molar-refractivity contribution in [1.82, 2.24) is 15.0 Å². The second kappa shape index (κ2) is 12.4. The molecule has 2 atom stereocenters. The number of nitrogens with one attached hydrogen (secondary N) is 3. The summed E-state index contributed by atoms with van der Waals surface area (Å²) >= 11 is 3.13. The van der Waals surface area contributed by atoms with Crippen molar-refractivity contribution in [3.05, 3.63) is 24.4 Å². The van der Waals surface area contributed by atoms with Crippen LogP contribution >= 0.6 is 23.3 Å². The molecule has 1 aromatic heterocycles. The van der Waals surface area contributed by atoms with E-state index in [1.165, 1.54) is 11.9 Å². The van der Waals surface area contributed by atoms with Gasteiger partial charge in [-0.15, -0.1) is 0 Å². The number of hydrogen-bond donors (Lipinski definition) is 3. The number of alkyl carbamates (subject to hydrolysis) is 1. The lowest BCUT2D eigenvalue weighted by Gasteiger charge is -2.21. The monoisotopic (exact) mass is 549 g/mol. The zero-order valence-corrected chi connectivity index (χ0v) is 24.5. The van der Waals surface area contributed by atoms with E-state index in [0.717, 1.165) is 27.0 Å². The van der Waals surface area contributed by atoms with Gasteiger partial charge >= 0.3 is 12.2 Å². The molecule has 0 radical (unpaired) electrons. The first-order chi connectivity index (χ1) is 17.3. The molecule has 0 bridgehead atoms. The molecule has 1 saturated heterocycles. The van der Waals surface area contributed by atoms with Crippen LogP contribution in [0.15, 0.2) is 29.3 Å². The molecule has 2 aromatic rings. The second-order valence-electron chi connectivity index (χ2n) is 10.8. The average molecular weight is 550 g/mol. The quantitative estimate of drug-likeness (QED) is 0.338. The molecule has 3 N–H and O–H groups in total. The van der Waals surface area contributed by atoms with Crippen LogP contribution in [0.1, 0.15) is 55.4 Å². The normalized spacial score (nSPS) is 17.8. The molecule has 0 aliphatic carbocycles. The topological polar surface area (TPSA) is 105 Å². The van der Waals surface area contributed by atoms with Crippen molar-refractivity contribution >= 4 is 46.3 Å². The zero-order valence-electron chi connectivity index (χ0n) is 22.9. The van der Waals surface area contributed by atoms with Gasteiger partial charge in [-0.05, 0) is 78.5 Å². The van der Waals surface area contributed by atoms with E-state index in [1.54, 1.807) is 11.3 Å². The molecule has 0 spiro atoms. The zero-order chi connectivity index (χ0) is 27.3. The van der Waals surface area contributed by atoms with E-state index in [4.69, 9.17) is 14.5 Å². The summed E-state index contributed by atoms with van der Waals surface area (Å²) in [6.45, 7) is 17.2. The number of ether oxygens (including phenoxy) is 2. The fourth-order valence-corrected chi connectivity index (χ4v) is 5.63. The van der Waals surface area contributed by atoms with Crippen LogP contribution in [-0.2, 0) is 9.47 Å². The smallest absolute Gasteiger partial charge is 0.411 e. The minimum atomic E-state index is -0.480. The number of rotatable bonds is 8. The van der Waals surface area contributed by atoms with E-state index >= 15 is 0 Å². The van der Waals surface area contributed by atoms with Crippen molar-refractivity contribution in [2.75, 3.05) is 23.3 Å². The summed E-state index contributed by atoms with van der Waals surface area (Å²) in [6.07, 6.45) is 0.667. The molecule has 2 amide bonds. The van der Waals surface area contributed by atoms with Crippen LogP contribution in [0.5, 0.6) is 0 Å². The number of amides is 2. The van der Waals surface area contributed by atoms with Crippen molar-refractivity contribution in [3.8, 4) is 10.4 Å². The maximum atomic E-state index is 12.1. The summed E-state index contributed by atoms with van der Waals surface area (Å²) in [5.74, 6) is 0.269. The minimum Gasteiger partial charge on any atom is -0.447 e. The first-order valence-corrected chi connectivity index (χ1v) is 14.2. The van der Waals surface area contributed by atoms with Gasteiger partial charge in [0.15, 0.2) is 5.13 Å². The maximum absolute atomic E-state index is 12.1. The third kappa shape index (κ3) is 8.79. The van der Waals surface area contributed by atoms with E-state index in [2.05, 4.69) is 48.0 Å². The van der Waals surface area contributed by atoms with Crippen molar-refractivity contribution in [1.29, 1.82) is 0 Å². The van der Waals surface area contributed by atoms with E-state index < -0.39 is 6.09 Å². The molecule has 1 fully saturated rings. The molecule has 204 valence electrons. The molecule has 1 aliphatic heterocycles. The predicted octanol–water partition coefficient (Wildman–Crippen LogP) is 6.12. The summed E-state index contributed by atoms with van der Waals surface area (Å²) in [5, 5.41) is 6.71. The average Bonchev–Trinajstić information content (AvgIpc) is 3.38. The molecule has 2 unspecified atom stereocenters. The van der Waals surface area contributed by atoms with Gasteiger partial charge in [0, 0.05) is 41.0 Å². The number of hydrogen-bond acceptors (Lipinski definition) is 9. The Morgan fingerprint density at radius 1 is 1.11 bits per heavy atom. The standard InChI is InChI=1S/C26H39N5O4S2/c1-15(2)34-24(32)28-18-9-10-19(21(11-18)37-30-26(6,7)8)22-12-27-23(36-22)31-13-17(5)20(14-31)29-25(33)35-16(3)4/h9-12,15-17,20,30H,13-14H2,1-8H3,(H,28,32)(H,29,33). The SMILES string of the molecule is CC(C)OC(=O)Nc1ccc(-c2cnc(N3CC(C)C(NC(=O)OC(C)C)C3)s2)c(SNC(C)(C)C)c1. The van der Waals surface area contributed by atoms with Crippen LogP contribution in [0, 0.1) is 5.92 Å². The van der Waals surface area contributed by atoms with Crippen LogP contribution in [0.4, 0.5) is 20.4 Å². The maximum Gasteiger partial charge on any atom is 0.411 e. The third-order valence-corrected chi connectivity index (χ3v) is 7.69. The van der Waals surface area contributed by atoms with Gasteiger partial charge in [-0.1, -0.05) is 24.3 Å². The minimum absolute atomic E-state index is 0.00310. The highest BCUT2D eigenvalue weighted by atomic mass is 32.2. The molecular formula is C26H39N5O4S2. The Morgan fingerprint density at radius 2 is 1.78 bits per heavy atom. The van der Waals surface area contributed by atoms with E-state index in [0.29, 0.717) is 12.2 Å². The Balaban J connectivity index is 1.78. The summed E-state index contributed by atoms with van der Waals surface area (Å²) in [7, 11) is 0. The largest absolute Gasteiger partial charge is 0.447 e. The Kier molecular flexibility index (Phi) is 9.71. The Morgan fingerprint density at radius 3 is 2.43 bits per heavy atom. The number of aromatic nitrogens is 1. The van der Waals surface area contributed by atoms with Crippen LogP contribution < -0.4 is 20.3 Å². The second-order valence-corrected chi connectivity index (χ2v) is 12.7. The van der Waals surface area contributed by atoms with Crippen molar-refractivity contribution in [2.24, 2.45) is 5.92 Å². The highest BCUT2D eigenvalue weighted by molar-refractivity contribution is 7.97. The first kappa shape index (κ1) is 29.1. The van der Waals surface area contributed by atoms with Gasteiger partial charge < -0.3 is 19.7 Å². The van der Waals surface area contributed by atoms with Gasteiger partial charge in [0.1, 0.15) is 0 Å². The predicted molar refractivity (Wildman–Crippen MR) is 151 cm³/mol. The molecule has 3 rings (SSSR count). The van der Waals surface area contributed by atoms with Gasteiger partial charge in [-0.25, -0.2) is 14.6 Å². The van der Waals surface area contributed by atoms with Crippen LogP contribution in [0.25, 0.3) is 10.4 Å². The fourth-order valence-electron chi connectivity index (χ4n) is 3.70. The van der Waals surface area contributed by atoms with E-state index in [1.807, 2.05) is 52.1 Å². The van der Waals surface area contributed by atoms with Gasteiger partial charge in [-0.2, -0.15) is 0 Å². The highest BCUT2D eigenvalue weighted by Crippen LogP contribution is 2.39. The fraction of sp³-hybridized carbons (Fsp3) is 0.577. The molecule has 11 heteroatoms. The number of benzene rings is 1. The Labute approximate surface area is 228 Å². The summed E-state index contributed by atoms with van der Waals surface area (Å²) < 4.78 is 13.9. The van der Waals surface area contributed by atoms with Gasteiger partial charge in [0.05, 0.1) is 23.1 Å². The summed E-state index contributed by atoms with van der Waals surface area (Å²) in [5.41, 5.74) is 1.58. The van der Waals surface area contributed by atoms with Gasteiger partial charge in [0.2, 0.25) is 0 Å². The molecule has 0 saturated carbocycles. The Bertz CT molecular complexity index is 1080. The van der Waals surface area contributed by atoms with Gasteiger partial charge in [0.25, 0.3) is 0 Å². The molecule has 2 heterocycles. The van der Waals surface area contributed by atoms with Crippen molar-refractivity contribution < 1.29 is 19.1 Å². The number of carbonyl (C=O) groups excluding carboxylic acids is 2. The molecule has 1 aliphatic rings. The molecule has 1 aromatic carbocycles. The highest BCUT2D eigenvalue weighted by Gasteiger charge is 2.33. The van der Waals surface area contributed by atoms with Crippen molar-refractivity contribution in [2.45, 2.75) is 84.1 Å². The van der Waals surface area contributed by atoms with Crippen LogP contribution in [-0.4, -0.2) is 54.0 Å². The Hall–Kier alpha value is -2.50. The van der Waals surface area contributed by atoms with Crippen molar-refractivity contribution in [3.63, 3.8) is 0 Å². The lowest BCUT2D eigenvalue weighted by Crippen LogP contribution is -2.41. The molecule has 9 nitrogen and oxygen atoms in total. The number of carbonyl (C=O) groups is 2. The van der Waals surface area contributed by atoms with Crippen LogP contribution in [0.3, 0.4) is 0 Å². The first-order valence-electron chi connectivity index (χ1n) is 12.5. The molecular weight excluding hydrogens is 510 g/mol. The number of anilines is 2. The van der Waals surface area contributed by atoms with Crippen LogP contribution in [0.2, 0.25) is 0 Å². The molecule has 37 heavy (non-hydrogen) atoms.